The molecular formula is C12H20N2O3. The number of nitrogens with zero attached hydrogens (tertiary/aromatic N) is 1. The second kappa shape index (κ2) is 6.30. The number of carbonyl (C=O) groups is 1. The van der Waals surface area contributed by atoms with E-state index < -0.39 is 12.0 Å². The minimum absolute atomic E-state index is 0.355. The Balaban J connectivity index is 2.65. The predicted octanol–water partition coefficient (Wildman–Crippen LogP) is 1.17. The van der Waals surface area contributed by atoms with Crippen molar-refractivity contribution >= 4 is 11.9 Å². The molecule has 5 heteroatoms. The van der Waals surface area contributed by atoms with Crippen molar-refractivity contribution in [2.24, 2.45) is 5.73 Å². The van der Waals surface area contributed by atoms with Crippen LogP contribution < -0.4 is 10.6 Å². The summed E-state index contributed by atoms with van der Waals surface area (Å²) in [5.41, 5.74) is 5.66. The van der Waals surface area contributed by atoms with Crippen LogP contribution in [0.4, 0.5) is 5.88 Å². The summed E-state index contributed by atoms with van der Waals surface area (Å²) in [4.78, 5) is 13.3. The van der Waals surface area contributed by atoms with Crippen LogP contribution in [-0.4, -0.2) is 32.2 Å². The van der Waals surface area contributed by atoms with Crippen molar-refractivity contribution in [3.63, 3.8) is 0 Å². The number of hydrogen-bond acceptors (Lipinski definition) is 5. The fraction of sp³-hybridized carbons (Fsp3) is 0.583. The molecular weight excluding hydrogens is 220 g/mol. The quantitative estimate of drug-likeness (QED) is 0.756. The van der Waals surface area contributed by atoms with E-state index in [1.165, 1.54) is 7.11 Å². The van der Waals surface area contributed by atoms with Crippen molar-refractivity contribution in [1.82, 2.24) is 0 Å². The van der Waals surface area contributed by atoms with Crippen LogP contribution >= 0.6 is 0 Å². The van der Waals surface area contributed by atoms with Crippen LogP contribution in [0.15, 0.2) is 16.5 Å². The van der Waals surface area contributed by atoms with E-state index in [4.69, 9.17) is 10.2 Å². The standard InChI is InChI=1S/C12H20N2O3/c1-4-14(5-2)11-7-6-9(17-11)8-10(13)12(15)16-3/h6-7,10H,4-5,8,13H2,1-3H3. The number of esters is 1. The molecule has 1 heterocycles. The van der Waals surface area contributed by atoms with Crippen LogP contribution in [0.1, 0.15) is 19.6 Å². The van der Waals surface area contributed by atoms with Crippen LogP contribution in [-0.2, 0) is 16.0 Å². The summed E-state index contributed by atoms with van der Waals surface area (Å²) in [6.07, 6.45) is 0.355. The van der Waals surface area contributed by atoms with Gasteiger partial charge < -0.3 is 19.8 Å². The molecule has 0 aromatic carbocycles. The van der Waals surface area contributed by atoms with Gasteiger partial charge in [-0.3, -0.25) is 4.79 Å². The first-order valence-corrected chi connectivity index (χ1v) is 5.79. The maximum absolute atomic E-state index is 11.2. The molecule has 0 aliphatic rings. The molecule has 0 aliphatic heterocycles. The summed E-state index contributed by atoms with van der Waals surface area (Å²) in [7, 11) is 1.33. The van der Waals surface area contributed by atoms with E-state index in [-0.39, 0.29) is 0 Å². The van der Waals surface area contributed by atoms with E-state index in [2.05, 4.69) is 23.5 Å². The van der Waals surface area contributed by atoms with Gasteiger partial charge in [0.1, 0.15) is 11.8 Å². The third kappa shape index (κ3) is 3.49. The van der Waals surface area contributed by atoms with E-state index in [1.54, 1.807) is 0 Å². The Morgan fingerprint density at radius 2 is 2.12 bits per heavy atom. The molecule has 0 fully saturated rings. The Morgan fingerprint density at radius 3 is 2.65 bits per heavy atom. The molecule has 0 saturated heterocycles. The molecule has 2 N–H and O–H groups in total. The Bertz CT molecular complexity index is 358. The van der Waals surface area contributed by atoms with E-state index in [0.29, 0.717) is 12.2 Å². The molecule has 1 atom stereocenters. The summed E-state index contributed by atoms with van der Waals surface area (Å²) < 4.78 is 10.2. The summed E-state index contributed by atoms with van der Waals surface area (Å²) in [6, 6.07) is 3.07. The zero-order chi connectivity index (χ0) is 12.8. The number of nitrogens with two attached hydrogens (primary N) is 1. The molecule has 96 valence electrons. The van der Waals surface area contributed by atoms with Crippen molar-refractivity contribution in [1.29, 1.82) is 0 Å². The Kier molecular flexibility index (Phi) is 5.03. The van der Waals surface area contributed by atoms with Crippen molar-refractivity contribution < 1.29 is 13.9 Å². The Hall–Kier alpha value is -1.49. The number of furan rings is 1. The van der Waals surface area contributed by atoms with Gasteiger partial charge in [-0.2, -0.15) is 0 Å². The summed E-state index contributed by atoms with van der Waals surface area (Å²) in [5, 5.41) is 0. The van der Waals surface area contributed by atoms with Gasteiger partial charge in [0, 0.05) is 25.6 Å². The van der Waals surface area contributed by atoms with Crippen molar-refractivity contribution in [2.75, 3.05) is 25.1 Å². The number of hydrogen-bond donors (Lipinski definition) is 1. The predicted molar refractivity (Wildman–Crippen MR) is 66.0 cm³/mol. The summed E-state index contributed by atoms with van der Waals surface area (Å²) in [6.45, 7) is 5.89. The van der Waals surface area contributed by atoms with Crippen LogP contribution in [0, 0.1) is 0 Å². The van der Waals surface area contributed by atoms with Gasteiger partial charge in [-0.1, -0.05) is 0 Å². The number of ether oxygens (including phenoxy) is 1. The maximum atomic E-state index is 11.2. The van der Waals surface area contributed by atoms with Gasteiger partial charge in [0.2, 0.25) is 0 Å². The number of methoxy groups -OCH3 is 1. The minimum atomic E-state index is -0.671. The van der Waals surface area contributed by atoms with E-state index in [1.807, 2.05) is 12.1 Å². The summed E-state index contributed by atoms with van der Waals surface area (Å²) in [5.74, 6) is 1.08. The normalized spacial score (nSPS) is 12.2. The molecule has 0 radical (unpaired) electrons. The maximum Gasteiger partial charge on any atom is 0.323 e. The Morgan fingerprint density at radius 1 is 1.47 bits per heavy atom. The second-order valence-electron chi connectivity index (χ2n) is 3.75. The fourth-order valence-corrected chi connectivity index (χ4v) is 1.63. The highest BCUT2D eigenvalue weighted by Gasteiger charge is 2.17. The monoisotopic (exact) mass is 240 g/mol. The topological polar surface area (TPSA) is 68.7 Å². The van der Waals surface area contributed by atoms with E-state index in [0.717, 1.165) is 19.0 Å². The first-order chi connectivity index (χ1) is 8.12. The smallest absolute Gasteiger partial charge is 0.323 e. The highest BCUT2D eigenvalue weighted by Crippen LogP contribution is 2.19. The van der Waals surface area contributed by atoms with Gasteiger partial charge in [-0.15, -0.1) is 0 Å². The minimum Gasteiger partial charge on any atom is -0.468 e. The number of rotatable bonds is 6. The van der Waals surface area contributed by atoms with Crippen molar-refractivity contribution in [3.8, 4) is 0 Å². The first-order valence-electron chi connectivity index (χ1n) is 5.79. The summed E-state index contributed by atoms with van der Waals surface area (Å²) >= 11 is 0. The average Bonchev–Trinajstić information content (AvgIpc) is 2.78. The van der Waals surface area contributed by atoms with Crippen molar-refractivity contribution in [3.05, 3.63) is 17.9 Å². The van der Waals surface area contributed by atoms with Gasteiger partial charge in [-0.25, -0.2) is 0 Å². The molecule has 17 heavy (non-hydrogen) atoms. The molecule has 0 bridgehead atoms. The third-order valence-corrected chi connectivity index (χ3v) is 2.65. The van der Waals surface area contributed by atoms with Crippen LogP contribution in [0.5, 0.6) is 0 Å². The van der Waals surface area contributed by atoms with Crippen LogP contribution in [0.25, 0.3) is 0 Å². The molecule has 5 nitrogen and oxygen atoms in total. The lowest BCUT2D eigenvalue weighted by Gasteiger charge is -2.17. The zero-order valence-electron chi connectivity index (χ0n) is 10.6. The van der Waals surface area contributed by atoms with Gasteiger partial charge in [-0.05, 0) is 19.9 Å². The lowest BCUT2D eigenvalue weighted by Crippen LogP contribution is -2.33. The van der Waals surface area contributed by atoms with Gasteiger partial charge in [0.15, 0.2) is 5.88 Å². The molecule has 1 aromatic rings. The van der Waals surface area contributed by atoms with E-state index >= 15 is 0 Å². The van der Waals surface area contributed by atoms with Gasteiger partial charge in [0.25, 0.3) is 0 Å². The van der Waals surface area contributed by atoms with Crippen LogP contribution in [0.2, 0.25) is 0 Å². The molecule has 1 unspecified atom stereocenters. The lowest BCUT2D eigenvalue weighted by atomic mass is 10.2. The molecule has 0 aliphatic carbocycles. The molecule has 0 amide bonds. The van der Waals surface area contributed by atoms with Gasteiger partial charge in [0.05, 0.1) is 7.11 Å². The van der Waals surface area contributed by atoms with Crippen molar-refractivity contribution in [2.45, 2.75) is 26.3 Å². The third-order valence-electron chi connectivity index (χ3n) is 2.65. The molecule has 1 rings (SSSR count). The average molecular weight is 240 g/mol. The fourth-order valence-electron chi connectivity index (χ4n) is 1.63. The SMILES string of the molecule is CCN(CC)c1ccc(CC(N)C(=O)OC)o1. The zero-order valence-corrected chi connectivity index (χ0v) is 10.6. The Labute approximate surface area is 102 Å². The molecule has 0 saturated carbocycles. The second-order valence-corrected chi connectivity index (χ2v) is 3.75. The molecule has 1 aromatic heterocycles. The van der Waals surface area contributed by atoms with E-state index in [9.17, 15) is 4.79 Å². The highest BCUT2D eigenvalue weighted by molar-refractivity contribution is 5.75. The first kappa shape index (κ1) is 13.6. The molecule has 0 spiro atoms. The highest BCUT2D eigenvalue weighted by atomic mass is 16.5. The number of anilines is 1. The number of carbonyl (C=O) groups excluding carboxylic acids is 1. The lowest BCUT2D eigenvalue weighted by molar-refractivity contribution is -0.142. The largest absolute Gasteiger partial charge is 0.468 e. The van der Waals surface area contributed by atoms with Gasteiger partial charge >= 0.3 is 5.97 Å². The van der Waals surface area contributed by atoms with Crippen LogP contribution in [0.3, 0.4) is 0 Å².